The molecule has 0 spiro atoms. The van der Waals surface area contributed by atoms with Crippen molar-refractivity contribution in [2.24, 2.45) is 0 Å². The largest absolute Gasteiger partial charge is 0.491 e. The molecule has 1 unspecified atom stereocenters. The van der Waals surface area contributed by atoms with Crippen LogP contribution in [-0.4, -0.2) is 71.0 Å². The van der Waals surface area contributed by atoms with Crippen molar-refractivity contribution >= 4 is 13.2 Å². The Hall–Kier alpha value is -1.05. The molecule has 0 bridgehead atoms. The molecule has 152 valence electrons. The predicted octanol–water partition coefficient (Wildman–Crippen LogP) is 3.26. The van der Waals surface area contributed by atoms with Crippen LogP contribution >= 0.6 is 0 Å². The van der Waals surface area contributed by atoms with Gasteiger partial charge in [0.05, 0.1) is 17.2 Å². The van der Waals surface area contributed by atoms with E-state index >= 15 is 0 Å². The molecule has 3 atom stereocenters. The van der Waals surface area contributed by atoms with E-state index in [0.29, 0.717) is 0 Å². The van der Waals surface area contributed by atoms with Gasteiger partial charge in [0.1, 0.15) is 5.60 Å². The first-order valence-electron chi connectivity index (χ1n) is 10.0. The molecule has 1 amide bonds. The van der Waals surface area contributed by atoms with E-state index in [-0.39, 0.29) is 42.5 Å². The van der Waals surface area contributed by atoms with Crippen LogP contribution in [0.5, 0.6) is 0 Å². The van der Waals surface area contributed by atoms with E-state index in [4.69, 9.17) is 14.0 Å². The van der Waals surface area contributed by atoms with Gasteiger partial charge in [0.15, 0.2) is 0 Å². The highest BCUT2D eigenvalue weighted by molar-refractivity contribution is 6.55. The van der Waals surface area contributed by atoms with Crippen molar-refractivity contribution in [3.8, 4) is 0 Å². The topological polar surface area (TPSA) is 51.2 Å². The lowest BCUT2D eigenvalue weighted by Crippen LogP contribution is -2.62. The summed E-state index contributed by atoms with van der Waals surface area (Å²) < 4.78 is 18.1. The Balaban J connectivity index is 1.77. The fourth-order valence-electron chi connectivity index (χ4n) is 4.15. The highest BCUT2D eigenvalue weighted by Crippen LogP contribution is 2.40. The lowest BCUT2D eigenvalue weighted by Gasteiger charge is -2.47. The summed E-state index contributed by atoms with van der Waals surface area (Å²) in [7, 11) is -0.321. The maximum Gasteiger partial charge on any atom is 0.491 e. The molecule has 0 saturated carbocycles. The van der Waals surface area contributed by atoms with Crippen LogP contribution in [0.25, 0.3) is 0 Å². The molecule has 0 aromatic heterocycles. The highest BCUT2D eigenvalue weighted by Gasteiger charge is 2.54. The lowest BCUT2D eigenvalue weighted by molar-refractivity contribution is -0.0219. The minimum Gasteiger partial charge on any atom is -0.444 e. The Labute approximate surface area is 164 Å². The van der Waals surface area contributed by atoms with Gasteiger partial charge in [-0.1, -0.05) is 6.08 Å². The Bertz CT molecular complexity index is 624. The fraction of sp³-hybridized carbons (Fsp3) is 0.850. The van der Waals surface area contributed by atoms with Crippen molar-refractivity contribution in [2.75, 3.05) is 13.1 Å². The molecule has 27 heavy (non-hydrogen) atoms. The molecular formula is C20H35BN2O4. The van der Waals surface area contributed by atoms with Gasteiger partial charge >= 0.3 is 13.2 Å². The van der Waals surface area contributed by atoms with Crippen LogP contribution in [0.1, 0.15) is 62.3 Å². The van der Waals surface area contributed by atoms with Crippen LogP contribution in [-0.2, 0) is 14.0 Å². The SMILES string of the molecule is C[C@@H]1C2C=C(B3OC(C)(C)C(C)(C)O3)CN2C[C@H](C)N1C(=O)OC(C)(C)C. The number of carbonyl (C=O) groups excluding carboxylic acids is 1. The summed E-state index contributed by atoms with van der Waals surface area (Å²) in [6.07, 6.45) is 2.00. The quantitative estimate of drug-likeness (QED) is 0.656. The van der Waals surface area contributed by atoms with E-state index < -0.39 is 5.60 Å². The summed E-state index contributed by atoms with van der Waals surface area (Å²) in [5.74, 6) is 0. The van der Waals surface area contributed by atoms with E-state index in [0.717, 1.165) is 18.6 Å². The maximum absolute atomic E-state index is 12.7. The molecule has 2 fully saturated rings. The van der Waals surface area contributed by atoms with Gasteiger partial charge in [-0.15, -0.1) is 0 Å². The summed E-state index contributed by atoms with van der Waals surface area (Å²) in [4.78, 5) is 17.0. The van der Waals surface area contributed by atoms with Crippen LogP contribution < -0.4 is 0 Å². The molecule has 3 rings (SSSR count). The summed E-state index contributed by atoms with van der Waals surface area (Å²) in [6.45, 7) is 19.8. The average Bonchev–Trinajstić information content (AvgIpc) is 2.96. The third kappa shape index (κ3) is 3.78. The van der Waals surface area contributed by atoms with Crippen molar-refractivity contribution in [1.82, 2.24) is 9.80 Å². The smallest absolute Gasteiger partial charge is 0.444 e. The normalized spacial score (nSPS) is 33.1. The third-order valence-electron chi connectivity index (χ3n) is 6.26. The van der Waals surface area contributed by atoms with Crippen molar-refractivity contribution < 1.29 is 18.8 Å². The number of fused-ring (bicyclic) bond motifs is 1. The first kappa shape index (κ1) is 20.7. The molecule has 2 saturated heterocycles. The number of hydrogen-bond acceptors (Lipinski definition) is 5. The molecule has 0 radical (unpaired) electrons. The van der Waals surface area contributed by atoms with Gasteiger partial charge < -0.3 is 14.0 Å². The second-order valence-corrected chi connectivity index (χ2v) is 10.2. The van der Waals surface area contributed by atoms with Crippen molar-refractivity contribution in [3.63, 3.8) is 0 Å². The number of ether oxygens (including phenoxy) is 1. The van der Waals surface area contributed by atoms with E-state index in [2.05, 4.69) is 52.5 Å². The Morgan fingerprint density at radius 3 is 2.26 bits per heavy atom. The summed E-state index contributed by atoms with van der Waals surface area (Å²) >= 11 is 0. The van der Waals surface area contributed by atoms with E-state index in [1.54, 1.807) is 0 Å². The molecule has 7 heteroatoms. The highest BCUT2D eigenvalue weighted by atomic mass is 16.7. The van der Waals surface area contributed by atoms with Gasteiger partial charge in [-0.3, -0.25) is 9.80 Å². The second-order valence-electron chi connectivity index (χ2n) is 10.2. The average molecular weight is 378 g/mol. The third-order valence-corrected chi connectivity index (χ3v) is 6.26. The zero-order valence-corrected chi connectivity index (χ0v) is 18.3. The van der Waals surface area contributed by atoms with Crippen LogP contribution in [0.2, 0.25) is 0 Å². The summed E-state index contributed by atoms with van der Waals surface area (Å²) in [6, 6.07) is 0.281. The minimum atomic E-state index is -0.493. The van der Waals surface area contributed by atoms with Crippen LogP contribution in [0.3, 0.4) is 0 Å². The van der Waals surface area contributed by atoms with Crippen LogP contribution in [0.4, 0.5) is 4.79 Å². The van der Waals surface area contributed by atoms with E-state index in [1.807, 2.05) is 25.7 Å². The Kier molecular flexibility index (Phi) is 4.98. The number of piperazine rings is 1. The van der Waals surface area contributed by atoms with Gasteiger partial charge in [0.2, 0.25) is 0 Å². The van der Waals surface area contributed by atoms with Crippen molar-refractivity contribution in [1.29, 1.82) is 0 Å². The van der Waals surface area contributed by atoms with Crippen molar-refractivity contribution in [3.05, 3.63) is 11.5 Å². The van der Waals surface area contributed by atoms with Gasteiger partial charge in [0, 0.05) is 25.2 Å². The number of amides is 1. The van der Waals surface area contributed by atoms with E-state index in [1.165, 1.54) is 0 Å². The van der Waals surface area contributed by atoms with Crippen LogP contribution in [0.15, 0.2) is 11.5 Å². The summed E-state index contributed by atoms with van der Waals surface area (Å²) in [5, 5.41) is 0. The summed E-state index contributed by atoms with van der Waals surface area (Å²) in [5.41, 5.74) is -0.0252. The molecule has 6 nitrogen and oxygen atoms in total. The standard InChI is InChI=1S/C20H35BN2O4/c1-13-11-22-12-15(21-26-19(6,7)20(8,9)27-21)10-16(22)14(2)23(13)17(24)25-18(3,4)5/h10,13-14,16H,11-12H2,1-9H3/t13-,14+,16?/m0/s1. The first-order chi connectivity index (χ1) is 12.2. The Morgan fingerprint density at radius 1 is 1.19 bits per heavy atom. The number of nitrogens with zero attached hydrogens (tertiary/aromatic N) is 2. The van der Waals surface area contributed by atoms with Gasteiger partial charge in [-0.2, -0.15) is 0 Å². The molecular weight excluding hydrogens is 343 g/mol. The molecule has 0 aliphatic carbocycles. The molecule has 0 aromatic rings. The monoisotopic (exact) mass is 378 g/mol. The molecule has 0 aromatic carbocycles. The first-order valence-corrected chi connectivity index (χ1v) is 10.0. The number of carbonyl (C=O) groups is 1. The lowest BCUT2D eigenvalue weighted by atomic mass is 9.78. The molecule has 0 N–H and O–H groups in total. The van der Waals surface area contributed by atoms with Crippen LogP contribution in [0, 0.1) is 0 Å². The molecule has 3 heterocycles. The van der Waals surface area contributed by atoms with Gasteiger partial charge in [-0.05, 0) is 67.8 Å². The second kappa shape index (κ2) is 6.50. The molecule has 3 aliphatic rings. The van der Waals surface area contributed by atoms with Gasteiger partial charge in [0.25, 0.3) is 0 Å². The fourth-order valence-corrected chi connectivity index (χ4v) is 4.15. The molecule has 3 aliphatic heterocycles. The minimum absolute atomic E-state index is 0.0310. The Morgan fingerprint density at radius 2 is 1.74 bits per heavy atom. The van der Waals surface area contributed by atoms with Crippen molar-refractivity contribution in [2.45, 2.75) is 97.2 Å². The zero-order valence-electron chi connectivity index (χ0n) is 18.3. The predicted molar refractivity (Wildman–Crippen MR) is 107 cm³/mol. The van der Waals surface area contributed by atoms with Gasteiger partial charge in [-0.25, -0.2) is 4.79 Å². The zero-order chi connectivity index (χ0) is 20.4. The maximum atomic E-state index is 12.7. The number of rotatable bonds is 1. The number of hydrogen-bond donors (Lipinski definition) is 0. The van der Waals surface area contributed by atoms with E-state index in [9.17, 15) is 4.79 Å².